The zero-order valence-electron chi connectivity index (χ0n) is 12.0. The molecular weight excluding hydrogens is 250 g/mol. The van der Waals surface area contributed by atoms with Crippen LogP contribution in [0.15, 0.2) is 0 Å². The molecule has 1 saturated heterocycles. The smallest absolute Gasteiger partial charge is 0.236 e. The number of rotatable bonds is 4. The first kappa shape index (κ1) is 17.7. The summed E-state index contributed by atoms with van der Waals surface area (Å²) in [6.45, 7) is 11.3. The van der Waals surface area contributed by atoms with Gasteiger partial charge in [-0.15, -0.1) is 12.4 Å². The van der Waals surface area contributed by atoms with Gasteiger partial charge in [0.1, 0.15) is 0 Å². The van der Waals surface area contributed by atoms with Crippen molar-refractivity contribution in [2.75, 3.05) is 19.6 Å². The summed E-state index contributed by atoms with van der Waals surface area (Å²) in [6, 6.07) is -0.425. The zero-order valence-corrected chi connectivity index (χ0v) is 12.8. The Balaban J connectivity index is 0.00000289. The van der Waals surface area contributed by atoms with E-state index in [0.717, 1.165) is 19.0 Å². The van der Waals surface area contributed by atoms with E-state index < -0.39 is 6.04 Å². The highest BCUT2D eigenvalue weighted by molar-refractivity contribution is 5.85. The van der Waals surface area contributed by atoms with Gasteiger partial charge < -0.3 is 11.1 Å². The van der Waals surface area contributed by atoms with Gasteiger partial charge in [-0.25, -0.2) is 0 Å². The third-order valence-electron chi connectivity index (χ3n) is 3.62. The third-order valence-corrected chi connectivity index (χ3v) is 3.62. The van der Waals surface area contributed by atoms with E-state index in [0.29, 0.717) is 6.54 Å². The molecule has 0 bridgehead atoms. The molecule has 18 heavy (non-hydrogen) atoms. The van der Waals surface area contributed by atoms with E-state index in [9.17, 15) is 4.79 Å². The van der Waals surface area contributed by atoms with Gasteiger partial charge in [-0.2, -0.15) is 0 Å². The molecule has 0 spiro atoms. The molecule has 4 nitrogen and oxygen atoms in total. The largest absolute Gasteiger partial charge is 0.353 e. The SMILES string of the molecule is CC1CCCN(C(C)(C)CNC(=O)C(C)N)C1.Cl. The van der Waals surface area contributed by atoms with Gasteiger partial charge in [0.05, 0.1) is 6.04 Å². The maximum Gasteiger partial charge on any atom is 0.236 e. The van der Waals surface area contributed by atoms with E-state index in [2.05, 4.69) is 31.0 Å². The molecule has 0 aliphatic carbocycles. The van der Waals surface area contributed by atoms with Crippen LogP contribution in [0.1, 0.15) is 40.5 Å². The van der Waals surface area contributed by atoms with E-state index >= 15 is 0 Å². The number of amides is 1. The highest BCUT2D eigenvalue weighted by atomic mass is 35.5. The second kappa shape index (κ2) is 7.31. The molecule has 0 saturated carbocycles. The Morgan fingerprint density at radius 1 is 1.56 bits per heavy atom. The lowest BCUT2D eigenvalue weighted by atomic mass is 9.93. The molecule has 1 aliphatic heterocycles. The molecule has 1 heterocycles. The van der Waals surface area contributed by atoms with Crippen molar-refractivity contribution in [1.29, 1.82) is 0 Å². The molecule has 1 aliphatic rings. The van der Waals surface area contributed by atoms with Crippen molar-refractivity contribution in [3.63, 3.8) is 0 Å². The highest BCUT2D eigenvalue weighted by Crippen LogP contribution is 2.23. The topological polar surface area (TPSA) is 58.4 Å². The molecule has 0 aromatic rings. The lowest BCUT2D eigenvalue weighted by Crippen LogP contribution is -2.55. The Bertz CT molecular complexity index is 269. The van der Waals surface area contributed by atoms with Crippen LogP contribution in [0.5, 0.6) is 0 Å². The monoisotopic (exact) mass is 277 g/mol. The predicted molar refractivity (Wildman–Crippen MR) is 78.0 cm³/mol. The number of piperidine rings is 1. The minimum Gasteiger partial charge on any atom is -0.353 e. The Morgan fingerprint density at radius 3 is 2.67 bits per heavy atom. The van der Waals surface area contributed by atoms with Gasteiger partial charge in [0, 0.05) is 18.6 Å². The van der Waals surface area contributed by atoms with Crippen molar-refractivity contribution in [2.45, 2.75) is 52.1 Å². The molecule has 2 unspecified atom stereocenters. The number of nitrogens with one attached hydrogen (secondary N) is 1. The molecule has 108 valence electrons. The first-order valence-electron chi connectivity index (χ1n) is 6.61. The number of carbonyl (C=O) groups is 1. The van der Waals surface area contributed by atoms with E-state index in [4.69, 9.17) is 5.73 Å². The molecule has 1 amide bonds. The summed E-state index contributed by atoms with van der Waals surface area (Å²) in [5.74, 6) is 0.690. The average molecular weight is 278 g/mol. The molecule has 0 radical (unpaired) electrons. The van der Waals surface area contributed by atoms with Gasteiger partial charge in [0.15, 0.2) is 0 Å². The number of hydrogen-bond acceptors (Lipinski definition) is 3. The summed E-state index contributed by atoms with van der Waals surface area (Å²) in [6.07, 6.45) is 2.57. The van der Waals surface area contributed by atoms with Crippen LogP contribution in [0.25, 0.3) is 0 Å². The predicted octanol–water partition coefficient (Wildman–Crippen LogP) is 1.38. The van der Waals surface area contributed by atoms with Crippen LogP contribution in [-0.4, -0.2) is 42.0 Å². The van der Waals surface area contributed by atoms with Gasteiger partial charge in [-0.1, -0.05) is 6.92 Å². The number of hydrogen-bond donors (Lipinski definition) is 2. The number of halogens is 1. The van der Waals surface area contributed by atoms with Crippen LogP contribution in [-0.2, 0) is 4.79 Å². The van der Waals surface area contributed by atoms with Gasteiger partial charge in [0.25, 0.3) is 0 Å². The Kier molecular flexibility index (Phi) is 7.18. The zero-order chi connectivity index (χ0) is 13.1. The van der Waals surface area contributed by atoms with Crippen molar-refractivity contribution in [2.24, 2.45) is 11.7 Å². The molecule has 0 aromatic heterocycles. The second-order valence-corrected chi connectivity index (χ2v) is 6.01. The fraction of sp³-hybridized carbons (Fsp3) is 0.923. The van der Waals surface area contributed by atoms with Gasteiger partial charge >= 0.3 is 0 Å². The minimum absolute atomic E-state index is 0. The summed E-state index contributed by atoms with van der Waals surface area (Å²) in [4.78, 5) is 14.0. The van der Waals surface area contributed by atoms with Crippen LogP contribution in [0, 0.1) is 5.92 Å². The van der Waals surface area contributed by atoms with Crippen molar-refractivity contribution >= 4 is 18.3 Å². The first-order valence-corrected chi connectivity index (χ1v) is 6.61. The molecule has 2 atom stereocenters. The van der Waals surface area contributed by atoms with Crippen molar-refractivity contribution in [1.82, 2.24) is 10.2 Å². The third kappa shape index (κ3) is 5.12. The Labute approximate surface area is 117 Å². The van der Waals surface area contributed by atoms with Gasteiger partial charge in [-0.05, 0) is 46.1 Å². The number of nitrogens with two attached hydrogens (primary N) is 1. The van der Waals surface area contributed by atoms with Crippen molar-refractivity contribution in [3.05, 3.63) is 0 Å². The normalized spacial score (nSPS) is 23.1. The van der Waals surface area contributed by atoms with Gasteiger partial charge in [0.2, 0.25) is 5.91 Å². The Hall–Kier alpha value is -0.320. The summed E-state index contributed by atoms with van der Waals surface area (Å²) in [5.41, 5.74) is 5.55. The average Bonchev–Trinajstić information content (AvgIpc) is 2.26. The maximum atomic E-state index is 11.5. The van der Waals surface area contributed by atoms with Crippen LogP contribution >= 0.6 is 12.4 Å². The van der Waals surface area contributed by atoms with Crippen LogP contribution in [0.4, 0.5) is 0 Å². The molecule has 3 N–H and O–H groups in total. The summed E-state index contributed by atoms with van der Waals surface area (Å²) in [7, 11) is 0. The molecule has 1 fully saturated rings. The first-order chi connectivity index (χ1) is 7.83. The standard InChI is InChI=1S/C13H27N3O.ClH/c1-10-6-5-7-16(8-10)13(3,4)9-15-12(17)11(2)14;/h10-11H,5-9,14H2,1-4H3,(H,15,17);1H. The lowest BCUT2D eigenvalue weighted by Gasteiger charge is -2.43. The Morgan fingerprint density at radius 2 is 2.17 bits per heavy atom. The number of likely N-dealkylation sites (tertiary alicyclic amines) is 1. The molecule has 5 heteroatoms. The van der Waals surface area contributed by atoms with Crippen molar-refractivity contribution in [3.8, 4) is 0 Å². The second-order valence-electron chi connectivity index (χ2n) is 6.01. The van der Waals surface area contributed by atoms with E-state index in [1.165, 1.54) is 12.8 Å². The van der Waals surface area contributed by atoms with Crippen LogP contribution in [0.3, 0.4) is 0 Å². The van der Waals surface area contributed by atoms with Crippen LogP contribution in [0.2, 0.25) is 0 Å². The molecule has 1 rings (SSSR count). The van der Waals surface area contributed by atoms with E-state index in [1.54, 1.807) is 6.92 Å². The molecular formula is C13H28ClN3O. The minimum atomic E-state index is -0.425. The molecule has 0 aromatic carbocycles. The fourth-order valence-corrected chi connectivity index (χ4v) is 2.32. The van der Waals surface area contributed by atoms with E-state index in [-0.39, 0.29) is 23.9 Å². The van der Waals surface area contributed by atoms with Crippen LogP contribution < -0.4 is 11.1 Å². The van der Waals surface area contributed by atoms with E-state index in [1.807, 2.05) is 0 Å². The maximum absolute atomic E-state index is 11.5. The fourth-order valence-electron chi connectivity index (χ4n) is 2.32. The number of carbonyl (C=O) groups excluding carboxylic acids is 1. The number of nitrogens with zero attached hydrogens (tertiary/aromatic N) is 1. The summed E-state index contributed by atoms with van der Waals surface area (Å²) in [5, 5.41) is 2.93. The quantitative estimate of drug-likeness (QED) is 0.816. The van der Waals surface area contributed by atoms with Crippen molar-refractivity contribution < 1.29 is 4.79 Å². The lowest BCUT2D eigenvalue weighted by molar-refractivity contribution is -0.122. The summed E-state index contributed by atoms with van der Waals surface area (Å²) >= 11 is 0. The van der Waals surface area contributed by atoms with Gasteiger partial charge in [-0.3, -0.25) is 9.69 Å². The summed E-state index contributed by atoms with van der Waals surface area (Å²) < 4.78 is 0. The highest BCUT2D eigenvalue weighted by Gasteiger charge is 2.30.